The van der Waals surface area contributed by atoms with Crippen molar-refractivity contribution in [3.63, 3.8) is 0 Å². The van der Waals surface area contributed by atoms with Gasteiger partial charge in [0, 0.05) is 18.7 Å². The van der Waals surface area contributed by atoms with Crippen LogP contribution in [0, 0.1) is 5.82 Å². The molecule has 0 unspecified atom stereocenters. The summed E-state index contributed by atoms with van der Waals surface area (Å²) in [6, 6.07) is 16.5. The summed E-state index contributed by atoms with van der Waals surface area (Å²) < 4.78 is 15.7. The first kappa shape index (κ1) is 18.5. The molecule has 0 spiro atoms. The molecule has 0 amide bonds. The van der Waals surface area contributed by atoms with Gasteiger partial charge in [0.05, 0.1) is 17.6 Å². The minimum absolute atomic E-state index is 0.311. The molecule has 6 nitrogen and oxygen atoms in total. The Kier molecular flexibility index (Phi) is 4.78. The molecular weight excluding hydrogens is 379 g/mol. The average molecular weight is 402 g/mol. The molecule has 1 aliphatic rings. The average Bonchev–Trinajstić information content (AvgIpc) is 3.09. The monoisotopic (exact) mass is 402 g/mol. The highest BCUT2D eigenvalue weighted by atomic mass is 19.1. The third kappa shape index (κ3) is 3.47. The van der Waals surface area contributed by atoms with E-state index in [-0.39, 0.29) is 5.82 Å². The normalized spacial score (nSPS) is 14.4. The van der Waals surface area contributed by atoms with Crippen LogP contribution in [0.5, 0.6) is 0 Å². The number of piperidine rings is 1. The van der Waals surface area contributed by atoms with Crippen LogP contribution in [0.25, 0.3) is 22.3 Å². The van der Waals surface area contributed by atoms with Crippen LogP contribution in [-0.4, -0.2) is 32.8 Å². The number of rotatable bonds is 4. The lowest BCUT2D eigenvalue weighted by molar-refractivity contribution is 0.569. The van der Waals surface area contributed by atoms with Crippen molar-refractivity contribution in [1.29, 1.82) is 0 Å². The van der Waals surface area contributed by atoms with Crippen molar-refractivity contribution < 1.29 is 4.39 Å². The molecular formula is C23H23FN6. The van der Waals surface area contributed by atoms with E-state index in [0.29, 0.717) is 40.6 Å². The van der Waals surface area contributed by atoms with E-state index in [1.54, 1.807) is 10.7 Å². The zero-order valence-corrected chi connectivity index (χ0v) is 16.6. The second-order valence-corrected chi connectivity index (χ2v) is 7.66. The largest absolute Gasteiger partial charge is 0.383 e. The number of hydrogen-bond acceptors (Lipinski definition) is 5. The van der Waals surface area contributed by atoms with E-state index in [1.165, 1.54) is 18.6 Å². The van der Waals surface area contributed by atoms with Gasteiger partial charge in [-0.05, 0) is 37.0 Å². The number of halogens is 1. The third-order valence-corrected chi connectivity index (χ3v) is 5.54. The molecule has 2 aromatic carbocycles. The number of nitrogen functional groups attached to an aromatic ring is 1. The molecule has 1 fully saturated rings. The van der Waals surface area contributed by atoms with Crippen LogP contribution in [0.3, 0.4) is 0 Å². The minimum atomic E-state index is -0.311. The van der Waals surface area contributed by atoms with Gasteiger partial charge in [-0.2, -0.15) is 4.98 Å². The molecule has 2 N–H and O–H groups in total. The van der Waals surface area contributed by atoms with Crippen molar-refractivity contribution in [2.45, 2.75) is 25.8 Å². The van der Waals surface area contributed by atoms with E-state index in [0.717, 1.165) is 31.5 Å². The molecule has 5 rings (SSSR count). The van der Waals surface area contributed by atoms with Gasteiger partial charge in [0.25, 0.3) is 0 Å². The predicted octanol–water partition coefficient (Wildman–Crippen LogP) is 4.25. The Morgan fingerprint density at radius 3 is 2.50 bits per heavy atom. The quantitative estimate of drug-likeness (QED) is 0.552. The molecule has 30 heavy (non-hydrogen) atoms. The fourth-order valence-corrected chi connectivity index (χ4v) is 4.00. The highest BCUT2D eigenvalue weighted by Gasteiger charge is 2.22. The number of anilines is 2. The van der Waals surface area contributed by atoms with Crippen molar-refractivity contribution in [3.8, 4) is 11.3 Å². The smallest absolute Gasteiger partial charge is 0.228 e. The Hall–Kier alpha value is -3.48. The summed E-state index contributed by atoms with van der Waals surface area (Å²) in [6.07, 6.45) is 3.44. The van der Waals surface area contributed by atoms with Gasteiger partial charge in [0.15, 0.2) is 5.65 Å². The Morgan fingerprint density at radius 2 is 1.73 bits per heavy atom. The number of fused-ring (bicyclic) bond motifs is 1. The predicted molar refractivity (Wildman–Crippen MR) is 117 cm³/mol. The molecule has 1 aliphatic heterocycles. The summed E-state index contributed by atoms with van der Waals surface area (Å²) in [7, 11) is 0. The first-order valence-corrected chi connectivity index (χ1v) is 10.3. The van der Waals surface area contributed by atoms with Gasteiger partial charge in [-0.25, -0.2) is 14.1 Å². The molecule has 3 heterocycles. The van der Waals surface area contributed by atoms with Crippen LogP contribution in [0.4, 0.5) is 16.2 Å². The summed E-state index contributed by atoms with van der Waals surface area (Å²) in [4.78, 5) is 11.8. The van der Waals surface area contributed by atoms with Crippen molar-refractivity contribution in [2.75, 3.05) is 23.7 Å². The maximum atomic E-state index is 14.0. The molecule has 1 saturated heterocycles. The van der Waals surface area contributed by atoms with Crippen LogP contribution in [-0.2, 0) is 6.54 Å². The summed E-state index contributed by atoms with van der Waals surface area (Å²) in [5, 5.41) is 5.36. The van der Waals surface area contributed by atoms with E-state index in [1.807, 2.05) is 36.4 Å². The fraction of sp³-hybridized carbons (Fsp3) is 0.261. The zero-order valence-electron chi connectivity index (χ0n) is 16.6. The van der Waals surface area contributed by atoms with Crippen molar-refractivity contribution in [3.05, 3.63) is 66.0 Å². The van der Waals surface area contributed by atoms with Gasteiger partial charge < -0.3 is 10.6 Å². The Balaban J connectivity index is 1.67. The van der Waals surface area contributed by atoms with Gasteiger partial charge in [0.1, 0.15) is 11.6 Å². The summed E-state index contributed by atoms with van der Waals surface area (Å²) in [6.45, 7) is 2.35. The third-order valence-electron chi connectivity index (χ3n) is 5.54. The Labute approximate surface area is 174 Å². The Morgan fingerprint density at radius 1 is 0.933 bits per heavy atom. The number of benzene rings is 2. The molecule has 152 valence electrons. The lowest BCUT2D eigenvalue weighted by Crippen LogP contribution is -2.31. The number of hydrogen-bond donors (Lipinski definition) is 1. The van der Waals surface area contributed by atoms with E-state index < -0.39 is 0 Å². The topological polar surface area (TPSA) is 72.9 Å². The molecule has 0 aliphatic carbocycles. The lowest BCUT2D eigenvalue weighted by atomic mass is 10.1. The van der Waals surface area contributed by atoms with Crippen LogP contribution in [0.15, 0.2) is 54.6 Å². The summed E-state index contributed by atoms with van der Waals surface area (Å²) in [5.41, 5.74) is 9.43. The second-order valence-electron chi connectivity index (χ2n) is 7.66. The number of aromatic nitrogens is 4. The maximum Gasteiger partial charge on any atom is 0.228 e. The van der Waals surface area contributed by atoms with Crippen LogP contribution < -0.4 is 10.6 Å². The van der Waals surface area contributed by atoms with Crippen LogP contribution in [0.1, 0.15) is 24.8 Å². The zero-order chi connectivity index (χ0) is 20.5. The van der Waals surface area contributed by atoms with Gasteiger partial charge in [-0.1, -0.05) is 42.5 Å². The Bertz CT molecular complexity index is 1180. The molecule has 7 heteroatoms. The molecule has 0 bridgehead atoms. The van der Waals surface area contributed by atoms with Gasteiger partial charge in [-0.3, -0.25) is 0 Å². The van der Waals surface area contributed by atoms with Crippen LogP contribution in [0.2, 0.25) is 0 Å². The number of nitrogens with two attached hydrogens (primary N) is 1. The highest BCUT2D eigenvalue weighted by molar-refractivity contribution is 5.99. The lowest BCUT2D eigenvalue weighted by Gasteiger charge is -2.26. The van der Waals surface area contributed by atoms with Crippen molar-refractivity contribution in [2.24, 2.45) is 0 Å². The van der Waals surface area contributed by atoms with Gasteiger partial charge in [-0.15, -0.1) is 5.10 Å². The van der Waals surface area contributed by atoms with Crippen molar-refractivity contribution in [1.82, 2.24) is 19.7 Å². The summed E-state index contributed by atoms with van der Waals surface area (Å²) in [5.74, 6) is 0.804. The minimum Gasteiger partial charge on any atom is -0.383 e. The van der Waals surface area contributed by atoms with E-state index in [4.69, 9.17) is 20.8 Å². The van der Waals surface area contributed by atoms with Crippen LogP contribution >= 0.6 is 0 Å². The van der Waals surface area contributed by atoms with E-state index >= 15 is 0 Å². The van der Waals surface area contributed by atoms with Gasteiger partial charge >= 0.3 is 0 Å². The molecule has 0 saturated carbocycles. The first-order chi connectivity index (χ1) is 14.7. The SMILES string of the molecule is Nc1c2c(-c3cccc(F)c3)nc(N3CCCCC3)nc2nn1Cc1ccccc1. The van der Waals surface area contributed by atoms with E-state index in [9.17, 15) is 4.39 Å². The molecule has 2 aromatic heterocycles. The second kappa shape index (κ2) is 7.74. The summed E-state index contributed by atoms with van der Waals surface area (Å²) >= 11 is 0. The molecule has 4 aromatic rings. The fourth-order valence-electron chi connectivity index (χ4n) is 4.00. The van der Waals surface area contributed by atoms with Gasteiger partial charge in [0.2, 0.25) is 5.95 Å². The molecule has 0 atom stereocenters. The number of nitrogens with zero attached hydrogens (tertiary/aromatic N) is 5. The van der Waals surface area contributed by atoms with E-state index in [2.05, 4.69) is 4.90 Å². The van der Waals surface area contributed by atoms with Crippen molar-refractivity contribution >= 4 is 22.8 Å². The standard InChI is InChI=1S/C23H23FN6/c24-18-11-7-10-17(14-18)20-19-21(25)30(15-16-8-3-1-4-9-16)28-22(19)27-23(26-20)29-12-5-2-6-13-29/h1,3-4,7-11,14H,2,5-6,12-13,15,25H2. The highest BCUT2D eigenvalue weighted by Crippen LogP contribution is 2.33. The molecule has 0 radical (unpaired) electrons. The maximum absolute atomic E-state index is 14.0. The first-order valence-electron chi connectivity index (χ1n) is 10.3.